The van der Waals surface area contributed by atoms with Crippen LogP contribution in [-0.4, -0.2) is 33.8 Å². The van der Waals surface area contributed by atoms with Crippen molar-refractivity contribution in [2.75, 3.05) is 7.05 Å². The summed E-state index contributed by atoms with van der Waals surface area (Å²) in [6.45, 7) is 0. The lowest BCUT2D eigenvalue weighted by Crippen LogP contribution is -2.44. The standard InChI is InChI=1S/C14H17BrFNO2/c1-17(12-5-3-2-4-11(12)15)14(19)10-7-6-9(16)8-13(10)18/h6-8,11-12,18H,2-5H2,1H3. The highest BCUT2D eigenvalue weighted by molar-refractivity contribution is 9.09. The molecule has 1 aromatic rings. The molecule has 0 spiro atoms. The van der Waals surface area contributed by atoms with Crippen LogP contribution < -0.4 is 0 Å². The minimum atomic E-state index is -0.548. The summed E-state index contributed by atoms with van der Waals surface area (Å²) in [5.74, 6) is -1.12. The highest BCUT2D eigenvalue weighted by atomic mass is 79.9. The molecular weight excluding hydrogens is 313 g/mol. The summed E-state index contributed by atoms with van der Waals surface area (Å²) in [5, 5.41) is 9.68. The van der Waals surface area contributed by atoms with Gasteiger partial charge in [0, 0.05) is 24.0 Å². The maximum absolute atomic E-state index is 12.9. The quantitative estimate of drug-likeness (QED) is 0.845. The second-order valence-corrected chi connectivity index (χ2v) is 6.12. The number of hydrogen-bond donors (Lipinski definition) is 1. The molecule has 1 fully saturated rings. The third-order valence-electron chi connectivity index (χ3n) is 3.66. The highest BCUT2D eigenvalue weighted by Crippen LogP contribution is 2.29. The van der Waals surface area contributed by atoms with Crippen LogP contribution in [0.25, 0.3) is 0 Å². The Morgan fingerprint density at radius 1 is 1.42 bits per heavy atom. The molecule has 3 nitrogen and oxygen atoms in total. The molecule has 0 aliphatic heterocycles. The number of alkyl halides is 1. The van der Waals surface area contributed by atoms with E-state index in [2.05, 4.69) is 15.9 Å². The zero-order valence-corrected chi connectivity index (χ0v) is 12.4. The van der Waals surface area contributed by atoms with Crippen molar-refractivity contribution >= 4 is 21.8 Å². The monoisotopic (exact) mass is 329 g/mol. The summed E-state index contributed by atoms with van der Waals surface area (Å²) >= 11 is 3.61. The molecule has 2 unspecified atom stereocenters. The van der Waals surface area contributed by atoms with Gasteiger partial charge < -0.3 is 10.0 Å². The average molecular weight is 330 g/mol. The first-order valence-corrected chi connectivity index (χ1v) is 7.32. The SMILES string of the molecule is CN(C(=O)c1ccc(F)cc1O)C1CCCCC1Br. The number of amides is 1. The molecule has 0 saturated heterocycles. The molecule has 1 amide bonds. The number of benzene rings is 1. The number of rotatable bonds is 2. The van der Waals surface area contributed by atoms with Gasteiger partial charge in [-0.3, -0.25) is 4.79 Å². The van der Waals surface area contributed by atoms with Gasteiger partial charge in [0.1, 0.15) is 11.6 Å². The largest absolute Gasteiger partial charge is 0.507 e. The van der Waals surface area contributed by atoms with E-state index in [-0.39, 0.29) is 28.1 Å². The number of nitrogens with zero attached hydrogens (tertiary/aromatic N) is 1. The number of hydrogen-bond acceptors (Lipinski definition) is 2. The topological polar surface area (TPSA) is 40.5 Å². The minimum absolute atomic E-state index is 0.116. The fourth-order valence-electron chi connectivity index (χ4n) is 2.53. The first-order valence-electron chi connectivity index (χ1n) is 6.40. The summed E-state index contributed by atoms with van der Waals surface area (Å²) < 4.78 is 12.9. The number of phenolic OH excluding ortho intramolecular Hbond substituents is 1. The Hall–Kier alpha value is -1.10. The molecule has 1 aliphatic carbocycles. The number of aromatic hydroxyl groups is 1. The molecule has 0 bridgehead atoms. The van der Waals surface area contributed by atoms with Crippen LogP contribution in [0.4, 0.5) is 4.39 Å². The van der Waals surface area contributed by atoms with Crippen molar-refractivity contribution in [3.8, 4) is 5.75 Å². The molecular formula is C14H17BrFNO2. The second-order valence-electron chi connectivity index (χ2n) is 4.95. The van der Waals surface area contributed by atoms with E-state index in [1.165, 1.54) is 12.1 Å². The van der Waals surface area contributed by atoms with Crippen LogP contribution in [0.1, 0.15) is 36.0 Å². The van der Waals surface area contributed by atoms with Gasteiger partial charge in [-0.25, -0.2) is 4.39 Å². The Labute approximate surface area is 120 Å². The Balaban J connectivity index is 2.18. The van der Waals surface area contributed by atoms with E-state index in [1.54, 1.807) is 11.9 Å². The number of carbonyl (C=O) groups excluding carboxylic acids is 1. The third kappa shape index (κ3) is 3.08. The third-order valence-corrected chi connectivity index (χ3v) is 4.72. The number of phenols is 1. The zero-order valence-electron chi connectivity index (χ0n) is 10.8. The molecule has 19 heavy (non-hydrogen) atoms. The van der Waals surface area contributed by atoms with Gasteiger partial charge in [0.25, 0.3) is 5.91 Å². The van der Waals surface area contributed by atoms with Gasteiger partial charge in [-0.05, 0) is 25.0 Å². The van der Waals surface area contributed by atoms with Crippen LogP contribution in [0, 0.1) is 5.82 Å². The van der Waals surface area contributed by atoms with E-state index in [9.17, 15) is 14.3 Å². The van der Waals surface area contributed by atoms with E-state index in [0.717, 1.165) is 31.7 Å². The van der Waals surface area contributed by atoms with Crippen LogP contribution in [-0.2, 0) is 0 Å². The molecule has 2 rings (SSSR count). The van der Waals surface area contributed by atoms with Gasteiger partial charge in [-0.1, -0.05) is 28.8 Å². The average Bonchev–Trinajstić information content (AvgIpc) is 2.38. The van der Waals surface area contributed by atoms with E-state index in [4.69, 9.17) is 0 Å². The molecule has 1 N–H and O–H groups in total. The fourth-order valence-corrected chi connectivity index (χ4v) is 3.47. The molecule has 0 aromatic heterocycles. The summed E-state index contributed by atoms with van der Waals surface area (Å²) in [6, 6.07) is 3.60. The van der Waals surface area contributed by atoms with Crippen molar-refractivity contribution in [3.05, 3.63) is 29.6 Å². The minimum Gasteiger partial charge on any atom is -0.507 e. The Morgan fingerprint density at radius 3 is 2.74 bits per heavy atom. The van der Waals surface area contributed by atoms with Crippen molar-refractivity contribution in [1.82, 2.24) is 4.90 Å². The molecule has 1 aromatic carbocycles. The Bertz CT molecular complexity index is 481. The van der Waals surface area contributed by atoms with Gasteiger partial charge >= 0.3 is 0 Å². The Kier molecular flexibility index (Phi) is 4.45. The summed E-state index contributed by atoms with van der Waals surface area (Å²) in [7, 11) is 1.73. The normalized spacial score (nSPS) is 23.1. The molecule has 1 aliphatic rings. The van der Waals surface area contributed by atoms with Crippen molar-refractivity contribution in [2.24, 2.45) is 0 Å². The lowest BCUT2D eigenvalue weighted by molar-refractivity contribution is 0.0701. The second kappa shape index (κ2) is 5.90. The number of carbonyl (C=O) groups is 1. The van der Waals surface area contributed by atoms with Crippen molar-refractivity contribution in [2.45, 2.75) is 36.6 Å². The summed E-state index contributed by atoms with van der Waals surface area (Å²) in [6.07, 6.45) is 4.24. The lowest BCUT2D eigenvalue weighted by Gasteiger charge is -2.35. The molecule has 2 atom stereocenters. The van der Waals surface area contributed by atoms with Crippen molar-refractivity contribution < 1.29 is 14.3 Å². The molecule has 104 valence electrons. The molecule has 0 radical (unpaired) electrons. The van der Waals surface area contributed by atoms with E-state index >= 15 is 0 Å². The van der Waals surface area contributed by atoms with Gasteiger partial charge in [0.15, 0.2) is 0 Å². The smallest absolute Gasteiger partial charge is 0.257 e. The first-order chi connectivity index (χ1) is 9.00. The predicted molar refractivity (Wildman–Crippen MR) is 75.1 cm³/mol. The van der Waals surface area contributed by atoms with Gasteiger partial charge in [-0.15, -0.1) is 0 Å². The first kappa shape index (κ1) is 14.3. The van der Waals surface area contributed by atoms with Crippen LogP contribution >= 0.6 is 15.9 Å². The van der Waals surface area contributed by atoms with Gasteiger partial charge in [-0.2, -0.15) is 0 Å². The molecule has 1 saturated carbocycles. The van der Waals surface area contributed by atoms with E-state index in [1.807, 2.05) is 0 Å². The summed E-state index contributed by atoms with van der Waals surface area (Å²) in [4.78, 5) is 14.3. The van der Waals surface area contributed by atoms with Crippen molar-refractivity contribution in [1.29, 1.82) is 0 Å². The molecule has 5 heteroatoms. The van der Waals surface area contributed by atoms with E-state index in [0.29, 0.717) is 0 Å². The van der Waals surface area contributed by atoms with Gasteiger partial charge in [0.2, 0.25) is 0 Å². The van der Waals surface area contributed by atoms with E-state index < -0.39 is 5.82 Å². The fraction of sp³-hybridized carbons (Fsp3) is 0.500. The van der Waals surface area contributed by atoms with Crippen LogP contribution in [0.15, 0.2) is 18.2 Å². The number of halogens is 2. The van der Waals surface area contributed by atoms with Crippen molar-refractivity contribution in [3.63, 3.8) is 0 Å². The summed E-state index contributed by atoms with van der Waals surface area (Å²) in [5.41, 5.74) is 0.147. The Morgan fingerprint density at radius 2 is 2.11 bits per heavy atom. The van der Waals surface area contributed by atoms with Gasteiger partial charge in [0.05, 0.1) is 5.56 Å². The van der Waals surface area contributed by atoms with Crippen LogP contribution in [0.3, 0.4) is 0 Å². The zero-order chi connectivity index (χ0) is 14.0. The lowest BCUT2D eigenvalue weighted by atomic mass is 9.94. The van der Waals surface area contributed by atoms with Crippen LogP contribution in [0.2, 0.25) is 0 Å². The maximum Gasteiger partial charge on any atom is 0.257 e. The predicted octanol–water partition coefficient (Wildman–Crippen LogP) is 3.31. The maximum atomic E-state index is 12.9. The molecule has 0 heterocycles. The van der Waals surface area contributed by atoms with Crippen LogP contribution in [0.5, 0.6) is 5.75 Å². The highest BCUT2D eigenvalue weighted by Gasteiger charge is 2.30.